The zero-order valence-corrected chi connectivity index (χ0v) is 17.5. The Bertz CT molecular complexity index is 890. The molecule has 0 amide bonds. The Morgan fingerprint density at radius 2 is 1.67 bits per heavy atom. The van der Waals surface area contributed by atoms with Crippen LogP contribution in [0.2, 0.25) is 5.02 Å². The van der Waals surface area contributed by atoms with E-state index >= 15 is 0 Å². The molecule has 1 aliphatic rings. The second-order valence-corrected chi connectivity index (χ2v) is 8.25. The summed E-state index contributed by atoms with van der Waals surface area (Å²) in [5, 5.41) is 8.73. The van der Waals surface area contributed by atoms with Crippen molar-refractivity contribution in [3.05, 3.63) is 69.7 Å². The van der Waals surface area contributed by atoms with Gasteiger partial charge in [0.05, 0.1) is 16.1 Å². The number of hydrogen-bond donors (Lipinski definition) is 1. The highest BCUT2D eigenvalue weighted by atomic mass is 35.5. The number of carboxylic acid groups (broad SMARTS) is 1. The van der Waals surface area contributed by atoms with Gasteiger partial charge in [-0.3, -0.25) is 9.80 Å². The number of aromatic carboxylic acids is 1. The summed E-state index contributed by atoms with van der Waals surface area (Å²) in [6, 6.07) is 11.2. The van der Waals surface area contributed by atoms with Crippen molar-refractivity contribution >= 4 is 17.6 Å². The SMILES string of the molecule is C[C@@H]1CN(Cc2ccc(C(=O)O)cc2)C[C@H](C)N1Cc1cccc(Cl)c1C(F)(F)F. The van der Waals surface area contributed by atoms with E-state index in [4.69, 9.17) is 16.7 Å². The Kier molecular flexibility index (Phi) is 6.75. The van der Waals surface area contributed by atoms with Gasteiger partial charge >= 0.3 is 12.1 Å². The average molecular weight is 441 g/mol. The van der Waals surface area contributed by atoms with Gasteiger partial charge in [-0.05, 0) is 43.2 Å². The lowest BCUT2D eigenvalue weighted by atomic mass is 10.0. The maximum atomic E-state index is 13.5. The third-order valence-electron chi connectivity index (χ3n) is 5.52. The Labute approximate surface area is 178 Å². The molecule has 1 N–H and O–H groups in total. The summed E-state index contributed by atoms with van der Waals surface area (Å²) >= 11 is 5.87. The smallest absolute Gasteiger partial charge is 0.418 e. The summed E-state index contributed by atoms with van der Waals surface area (Å²) in [5.74, 6) is -0.961. The van der Waals surface area contributed by atoms with E-state index in [0.717, 1.165) is 5.56 Å². The molecule has 8 heteroatoms. The Morgan fingerprint density at radius 1 is 1.07 bits per heavy atom. The normalized spacial score (nSPS) is 21.0. The first-order chi connectivity index (χ1) is 14.1. The Morgan fingerprint density at radius 3 is 2.20 bits per heavy atom. The van der Waals surface area contributed by atoms with E-state index in [1.54, 1.807) is 30.3 Å². The van der Waals surface area contributed by atoms with E-state index in [2.05, 4.69) is 9.80 Å². The maximum Gasteiger partial charge on any atom is 0.418 e. The van der Waals surface area contributed by atoms with E-state index in [9.17, 15) is 18.0 Å². The van der Waals surface area contributed by atoms with Gasteiger partial charge in [-0.2, -0.15) is 13.2 Å². The fourth-order valence-corrected chi connectivity index (χ4v) is 4.43. The molecule has 1 heterocycles. The molecule has 2 aromatic rings. The van der Waals surface area contributed by atoms with Crippen LogP contribution in [0.1, 0.15) is 40.9 Å². The Balaban J connectivity index is 1.70. The summed E-state index contributed by atoms with van der Waals surface area (Å²) in [7, 11) is 0. The first-order valence-corrected chi connectivity index (χ1v) is 10.1. The first kappa shape index (κ1) is 22.6. The molecule has 1 aliphatic heterocycles. The third kappa shape index (κ3) is 5.14. The molecule has 0 aliphatic carbocycles. The van der Waals surface area contributed by atoms with Gasteiger partial charge in [-0.15, -0.1) is 0 Å². The van der Waals surface area contributed by atoms with Crippen molar-refractivity contribution in [1.82, 2.24) is 9.80 Å². The molecule has 1 fully saturated rings. The zero-order valence-electron chi connectivity index (χ0n) is 16.8. The molecule has 3 rings (SSSR count). The van der Waals surface area contributed by atoms with Crippen molar-refractivity contribution in [2.75, 3.05) is 13.1 Å². The van der Waals surface area contributed by atoms with Crippen LogP contribution in [0.4, 0.5) is 13.2 Å². The van der Waals surface area contributed by atoms with Crippen LogP contribution in [-0.4, -0.2) is 46.0 Å². The Hall–Kier alpha value is -2.09. The summed E-state index contributed by atoms with van der Waals surface area (Å²) in [6.45, 7) is 6.26. The van der Waals surface area contributed by atoms with Crippen LogP contribution >= 0.6 is 11.6 Å². The lowest BCUT2D eigenvalue weighted by molar-refractivity contribution is -0.138. The molecule has 162 valence electrons. The molecular weight excluding hydrogens is 417 g/mol. The van der Waals surface area contributed by atoms with Crippen molar-refractivity contribution in [2.24, 2.45) is 0 Å². The molecule has 0 spiro atoms. The van der Waals surface area contributed by atoms with Gasteiger partial charge in [-0.1, -0.05) is 35.9 Å². The van der Waals surface area contributed by atoms with Crippen LogP contribution in [0.3, 0.4) is 0 Å². The van der Waals surface area contributed by atoms with Gasteiger partial charge in [0.15, 0.2) is 0 Å². The standard InChI is InChI=1S/C22H24ClF3N2O2/c1-14-10-27(12-16-6-8-17(9-7-16)21(29)30)11-15(2)28(14)13-18-4-3-5-19(23)20(18)22(24,25)26/h3-9,14-15H,10-13H2,1-2H3,(H,29,30)/t14-,15+. The minimum absolute atomic E-state index is 0.0482. The molecule has 0 radical (unpaired) electrons. The number of piperazine rings is 1. The van der Waals surface area contributed by atoms with Crippen LogP contribution in [-0.2, 0) is 19.3 Å². The van der Waals surface area contributed by atoms with Gasteiger partial charge in [0.1, 0.15) is 0 Å². The monoisotopic (exact) mass is 440 g/mol. The number of alkyl halides is 3. The minimum atomic E-state index is -4.50. The summed E-state index contributed by atoms with van der Waals surface area (Å²) in [4.78, 5) is 15.3. The largest absolute Gasteiger partial charge is 0.478 e. The maximum absolute atomic E-state index is 13.5. The third-order valence-corrected chi connectivity index (χ3v) is 5.84. The zero-order chi connectivity index (χ0) is 22.1. The lowest BCUT2D eigenvalue weighted by Crippen LogP contribution is -2.55. The molecule has 1 saturated heterocycles. The van der Waals surface area contributed by atoms with Gasteiger partial charge in [0.25, 0.3) is 0 Å². The fraction of sp³-hybridized carbons (Fsp3) is 0.409. The molecule has 2 atom stereocenters. The second-order valence-electron chi connectivity index (χ2n) is 7.84. The highest BCUT2D eigenvalue weighted by Crippen LogP contribution is 2.38. The van der Waals surface area contributed by atoms with Crippen molar-refractivity contribution in [2.45, 2.75) is 45.2 Å². The molecule has 30 heavy (non-hydrogen) atoms. The summed E-state index contributed by atoms with van der Waals surface area (Å²) in [6.07, 6.45) is -4.50. The highest BCUT2D eigenvalue weighted by Gasteiger charge is 2.37. The van der Waals surface area contributed by atoms with Crippen molar-refractivity contribution in [3.8, 4) is 0 Å². The first-order valence-electron chi connectivity index (χ1n) is 9.71. The topological polar surface area (TPSA) is 43.8 Å². The number of nitrogens with zero attached hydrogens (tertiary/aromatic N) is 2. The van der Waals surface area contributed by atoms with Crippen molar-refractivity contribution < 1.29 is 23.1 Å². The van der Waals surface area contributed by atoms with Gasteiger partial charge < -0.3 is 5.11 Å². The number of carboxylic acids is 1. The van der Waals surface area contributed by atoms with Gasteiger partial charge in [0, 0.05) is 38.3 Å². The van der Waals surface area contributed by atoms with E-state index in [-0.39, 0.29) is 34.8 Å². The van der Waals surface area contributed by atoms with Crippen molar-refractivity contribution in [1.29, 1.82) is 0 Å². The van der Waals surface area contributed by atoms with E-state index < -0.39 is 17.7 Å². The van der Waals surface area contributed by atoms with Gasteiger partial charge in [0.2, 0.25) is 0 Å². The number of carbonyl (C=O) groups is 1. The molecular formula is C22H24ClF3N2O2. The van der Waals surface area contributed by atoms with E-state index in [1.807, 2.05) is 13.8 Å². The average Bonchev–Trinajstić information content (AvgIpc) is 2.64. The van der Waals surface area contributed by atoms with Crippen LogP contribution in [0.25, 0.3) is 0 Å². The van der Waals surface area contributed by atoms with E-state index in [0.29, 0.717) is 19.6 Å². The molecule has 0 bridgehead atoms. The quantitative estimate of drug-likeness (QED) is 0.698. The number of rotatable bonds is 5. The molecule has 2 aromatic carbocycles. The van der Waals surface area contributed by atoms with Crippen LogP contribution < -0.4 is 0 Å². The summed E-state index contributed by atoms with van der Waals surface area (Å²) in [5.41, 5.74) is 0.674. The summed E-state index contributed by atoms with van der Waals surface area (Å²) < 4.78 is 40.5. The van der Waals surface area contributed by atoms with Crippen molar-refractivity contribution in [3.63, 3.8) is 0 Å². The number of halogens is 4. The minimum Gasteiger partial charge on any atom is -0.478 e. The van der Waals surface area contributed by atoms with Crippen LogP contribution in [0, 0.1) is 0 Å². The molecule has 0 aromatic heterocycles. The van der Waals surface area contributed by atoms with E-state index in [1.165, 1.54) is 12.1 Å². The van der Waals surface area contributed by atoms with Gasteiger partial charge in [-0.25, -0.2) is 4.79 Å². The van der Waals surface area contributed by atoms with Crippen LogP contribution in [0.5, 0.6) is 0 Å². The predicted molar refractivity (Wildman–Crippen MR) is 110 cm³/mol. The lowest BCUT2D eigenvalue weighted by Gasteiger charge is -2.45. The molecule has 4 nitrogen and oxygen atoms in total. The van der Waals surface area contributed by atoms with Crippen LogP contribution in [0.15, 0.2) is 42.5 Å². The predicted octanol–water partition coefficient (Wildman–Crippen LogP) is 5.15. The highest BCUT2D eigenvalue weighted by molar-refractivity contribution is 6.31. The second kappa shape index (κ2) is 8.96. The molecule has 0 saturated carbocycles. The fourth-order valence-electron chi connectivity index (χ4n) is 4.13. The number of benzene rings is 2. The number of hydrogen-bond acceptors (Lipinski definition) is 3. The molecule has 0 unspecified atom stereocenters.